The van der Waals surface area contributed by atoms with Crippen LogP contribution in [0.2, 0.25) is 0 Å². The van der Waals surface area contributed by atoms with E-state index in [1.807, 2.05) is 35.7 Å². The molecule has 4 nitrogen and oxygen atoms in total. The number of thiophene rings is 1. The summed E-state index contributed by atoms with van der Waals surface area (Å²) in [7, 11) is 0. The van der Waals surface area contributed by atoms with Crippen LogP contribution in [0.25, 0.3) is 0 Å². The van der Waals surface area contributed by atoms with E-state index < -0.39 is 0 Å². The molecule has 1 amide bonds. The maximum absolute atomic E-state index is 12.5. The molecule has 3 saturated heterocycles. The number of nitrogens with zero attached hydrogens (tertiary/aromatic N) is 1. The quantitative estimate of drug-likeness (QED) is 0.819. The van der Waals surface area contributed by atoms with Crippen molar-refractivity contribution in [1.82, 2.24) is 4.90 Å². The molecule has 0 saturated carbocycles. The van der Waals surface area contributed by atoms with Crippen molar-refractivity contribution < 1.29 is 14.3 Å². The van der Waals surface area contributed by atoms with Crippen LogP contribution in [0, 0.1) is 12.8 Å². The van der Waals surface area contributed by atoms with Gasteiger partial charge in [-0.3, -0.25) is 4.79 Å². The molecular weight excluding hydrogens is 342 g/mol. The first-order valence-electron chi connectivity index (χ1n) is 8.83. The van der Waals surface area contributed by atoms with E-state index in [9.17, 15) is 4.79 Å². The molecule has 0 N–H and O–H groups in total. The van der Waals surface area contributed by atoms with E-state index in [0.717, 1.165) is 62.8 Å². The SMILES string of the molecule is Cc1ccc(C(=O)N2CC3(C[C@H](OCC4CCOCC4)CS3)C2)s1. The van der Waals surface area contributed by atoms with Crippen molar-refractivity contribution in [3.8, 4) is 0 Å². The maximum atomic E-state index is 12.5. The molecule has 0 radical (unpaired) electrons. The largest absolute Gasteiger partial charge is 0.381 e. The Morgan fingerprint density at radius 3 is 2.88 bits per heavy atom. The van der Waals surface area contributed by atoms with Crippen LogP contribution < -0.4 is 0 Å². The number of amides is 1. The molecule has 0 bridgehead atoms. The summed E-state index contributed by atoms with van der Waals surface area (Å²) in [6.07, 6.45) is 3.72. The van der Waals surface area contributed by atoms with Gasteiger partial charge < -0.3 is 14.4 Å². The van der Waals surface area contributed by atoms with Crippen molar-refractivity contribution in [2.24, 2.45) is 5.92 Å². The van der Waals surface area contributed by atoms with Crippen LogP contribution >= 0.6 is 23.1 Å². The Hall–Kier alpha value is -0.560. The minimum atomic E-state index is 0.200. The van der Waals surface area contributed by atoms with Crippen molar-refractivity contribution >= 4 is 29.0 Å². The van der Waals surface area contributed by atoms with Gasteiger partial charge in [0.1, 0.15) is 0 Å². The first-order valence-corrected chi connectivity index (χ1v) is 10.6. The molecule has 0 aliphatic carbocycles. The van der Waals surface area contributed by atoms with Gasteiger partial charge in [-0.05, 0) is 44.2 Å². The summed E-state index contributed by atoms with van der Waals surface area (Å²) in [6, 6.07) is 3.98. The van der Waals surface area contributed by atoms with Crippen molar-refractivity contribution in [2.45, 2.75) is 37.0 Å². The van der Waals surface area contributed by atoms with Gasteiger partial charge in [-0.2, -0.15) is 0 Å². The third-order valence-corrected chi connectivity index (χ3v) is 7.84. The molecule has 3 aliphatic rings. The lowest BCUT2D eigenvalue weighted by Crippen LogP contribution is -2.60. The number of ether oxygens (including phenoxy) is 2. The fourth-order valence-electron chi connectivity index (χ4n) is 3.81. The summed E-state index contributed by atoms with van der Waals surface area (Å²) >= 11 is 3.60. The van der Waals surface area contributed by atoms with Gasteiger partial charge in [-0.25, -0.2) is 0 Å². The highest BCUT2D eigenvalue weighted by atomic mass is 32.2. The van der Waals surface area contributed by atoms with E-state index in [2.05, 4.69) is 0 Å². The van der Waals surface area contributed by atoms with E-state index in [1.54, 1.807) is 11.3 Å². The van der Waals surface area contributed by atoms with Gasteiger partial charge in [0.15, 0.2) is 0 Å². The molecule has 0 aromatic carbocycles. The average molecular weight is 368 g/mol. The number of thioether (sulfide) groups is 1. The molecule has 3 aliphatic heterocycles. The minimum absolute atomic E-state index is 0.200. The van der Waals surface area contributed by atoms with Gasteiger partial charge in [0.25, 0.3) is 5.91 Å². The molecule has 6 heteroatoms. The van der Waals surface area contributed by atoms with Crippen molar-refractivity contribution in [3.05, 3.63) is 21.9 Å². The van der Waals surface area contributed by atoms with Crippen molar-refractivity contribution in [1.29, 1.82) is 0 Å². The van der Waals surface area contributed by atoms with Crippen molar-refractivity contribution in [2.75, 3.05) is 38.7 Å². The fourth-order valence-corrected chi connectivity index (χ4v) is 6.20. The van der Waals surface area contributed by atoms with E-state index >= 15 is 0 Å². The Bertz CT molecular complexity index is 591. The van der Waals surface area contributed by atoms with Crippen LogP contribution in [-0.4, -0.2) is 60.3 Å². The molecule has 1 spiro atoms. The fraction of sp³-hybridized carbons (Fsp3) is 0.722. The number of aryl methyl sites for hydroxylation is 1. The first kappa shape index (κ1) is 16.9. The van der Waals surface area contributed by atoms with Gasteiger partial charge >= 0.3 is 0 Å². The predicted molar refractivity (Wildman–Crippen MR) is 98.0 cm³/mol. The standard InChI is InChI=1S/C18H25NO3S2/c1-13-2-3-16(24-13)17(20)19-11-18(12-19)8-15(10-23-18)22-9-14-4-6-21-7-5-14/h2-3,14-15H,4-12H2,1H3/t15-/m0/s1. The van der Waals surface area contributed by atoms with E-state index in [-0.39, 0.29) is 10.7 Å². The molecule has 1 atom stereocenters. The predicted octanol–water partition coefficient (Wildman–Crippen LogP) is 3.20. The summed E-state index contributed by atoms with van der Waals surface area (Å²) in [5.74, 6) is 1.94. The monoisotopic (exact) mass is 367 g/mol. The van der Waals surface area contributed by atoms with Gasteiger partial charge in [-0.15, -0.1) is 23.1 Å². The zero-order valence-electron chi connectivity index (χ0n) is 14.2. The lowest BCUT2D eigenvalue weighted by molar-refractivity contribution is -0.0118. The molecule has 4 heterocycles. The maximum Gasteiger partial charge on any atom is 0.264 e. The number of carbonyl (C=O) groups is 1. The van der Waals surface area contributed by atoms with Crippen molar-refractivity contribution in [3.63, 3.8) is 0 Å². The van der Waals surface area contributed by atoms with E-state index in [0.29, 0.717) is 12.0 Å². The van der Waals surface area contributed by atoms with Gasteiger partial charge in [0.05, 0.1) is 15.7 Å². The number of carbonyl (C=O) groups excluding carboxylic acids is 1. The number of hydrogen-bond donors (Lipinski definition) is 0. The van der Waals surface area contributed by atoms with Crippen LogP contribution in [0.4, 0.5) is 0 Å². The van der Waals surface area contributed by atoms with Gasteiger partial charge in [-0.1, -0.05) is 0 Å². The normalized spacial score (nSPS) is 26.7. The topological polar surface area (TPSA) is 38.8 Å². The second-order valence-electron chi connectivity index (χ2n) is 7.28. The number of likely N-dealkylation sites (tertiary alicyclic amines) is 1. The Kier molecular flexibility index (Phi) is 4.91. The average Bonchev–Trinajstić information content (AvgIpc) is 3.18. The molecule has 0 unspecified atom stereocenters. The third kappa shape index (κ3) is 3.52. The summed E-state index contributed by atoms with van der Waals surface area (Å²) in [6.45, 7) is 6.45. The zero-order valence-corrected chi connectivity index (χ0v) is 15.8. The smallest absolute Gasteiger partial charge is 0.264 e. The zero-order chi connectivity index (χ0) is 16.6. The van der Waals surface area contributed by atoms with Crippen LogP contribution in [0.15, 0.2) is 12.1 Å². The number of rotatable bonds is 4. The lowest BCUT2D eigenvalue weighted by atomic mass is 9.92. The Labute approximate surface area is 151 Å². The highest BCUT2D eigenvalue weighted by Crippen LogP contribution is 2.46. The Morgan fingerprint density at radius 1 is 1.38 bits per heavy atom. The summed E-state index contributed by atoms with van der Waals surface area (Å²) in [4.78, 5) is 16.5. The second-order valence-corrected chi connectivity index (χ2v) is 10.1. The van der Waals surface area contributed by atoms with Gasteiger partial charge in [0.2, 0.25) is 0 Å². The summed E-state index contributed by atoms with van der Waals surface area (Å²) in [5.41, 5.74) is 0. The Balaban J connectivity index is 1.23. The molecule has 3 fully saturated rings. The minimum Gasteiger partial charge on any atom is -0.381 e. The highest BCUT2D eigenvalue weighted by molar-refractivity contribution is 8.01. The Morgan fingerprint density at radius 2 is 2.17 bits per heavy atom. The summed E-state index contributed by atoms with van der Waals surface area (Å²) in [5, 5.41) is 0. The molecule has 4 rings (SSSR count). The molecular formula is C18H25NO3S2. The van der Waals surface area contributed by atoms with Gasteiger partial charge in [0, 0.05) is 43.5 Å². The summed E-state index contributed by atoms with van der Waals surface area (Å²) < 4.78 is 11.8. The van der Waals surface area contributed by atoms with E-state index in [1.165, 1.54) is 4.88 Å². The van der Waals surface area contributed by atoms with Crippen LogP contribution in [0.3, 0.4) is 0 Å². The molecule has 24 heavy (non-hydrogen) atoms. The van der Waals surface area contributed by atoms with Crippen LogP contribution in [0.5, 0.6) is 0 Å². The lowest BCUT2D eigenvalue weighted by Gasteiger charge is -2.47. The van der Waals surface area contributed by atoms with Crippen LogP contribution in [0.1, 0.15) is 33.8 Å². The molecule has 132 valence electrons. The van der Waals surface area contributed by atoms with E-state index in [4.69, 9.17) is 9.47 Å². The third-order valence-electron chi connectivity index (χ3n) is 5.28. The molecule has 1 aromatic heterocycles. The highest BCUT2D eigenvalue weighted by Gasteiger charge is 2.51. The number of hydrogen-bond acceptors (Lipinski definition) is 5. The van der Waals surface area contributed by atoms with Crippen LogP contribution in [-0.2, 0) is 9.47 Å². The second kappa shape index (κ2) is 6.98. The first-order chi connectivity index (χ1) is 11.6. The molecule has 1 aromatic rings.